The molecule has 70 valence electrons. The molecule has 1 saturated carbocycles. The van der Waals surface area contributed by atoms with E-state index in [-0.39, 0.29) is 7.43 Å². The van der Waals surface area contributed by atoms with Crippen LogP contribution < -0.4 is 0 Å². The van der Waals surface area contributed by atoms with Crippen LogP contribution in [0.3, 0.4) is 0 Å². The Balaban J connectivity index is 0. The first kappa shape index (κ1) is 13.6. The molecule has 0 bridgehead atoms. The van der Waals surface area contributed by atoms with Crippen LogP contribution in [0.4, 0.5) is 0 Å². The van der Waals surface area contributed by atoms with Crippen molar-refractivity contribution in [3.05, 3.63) is 0 Å². The maximum Gasteiger partial charge on any atom is -0.0411 e. The van der Waals surface area contributed by atoms with Gasteiger partial charge in [0.2, 0.25) is 0 Å². The van der Waals surface area contributed by atoms with E-state index < -0.39 is 0 Å². The third kappa shape index (κ3) is 25.6. The van der Waals surface area contributed by atoms with Gasteiger partial charge in [-0.2, -0.15) is 0 Å². The monoisotopic (exact) mass is 158 g/mol. The lowest BCUT2D eigenvalue weighted by atomic mass is 10.0. The summed E-state index contributed by atoms with van der Waals surface area (Å²) >= 11 is 0. The molecule has 0 heterocycles. The van der Waals surface area contributed by atoms with Crippen molar-refractivity contribution < 1.29 is 0 Å². The second-order valence-corrected chi connectivity index (χ2v) is 4.77. The van der Waals surface area contributed by atoms with Crippen molar-refractivity contribution in [1.29, 1.82) is 0 Å². The summed E-state index contributed by atoms with van der Waals surface area (Å²) in [5.74, 6) is 0. The molecule has 0 aliphatic heterocycles. The van der Waals surface area contributed by atoms with Crippen molar-refractivity contribution in [1.82, 2.24) is 0 Å². The van der Waals surface area contributed by atoms with Gasteiger partial charge in [-0.25, -0.2) is 0 Å². The maximum absolute atomic E-state index is 2.19. The normalized spacial score (nSPS) is 16.4. The zero-order chi connectivity index (χ0) is 8.04. The lowest BCUT2D eigenvalue weighted by Gasteiger charge is -2.05. The van der Waals surface area contributed by atoms with Gasteiger partial charge < -0.3 is 0 Å². The van der Waals surface area contributed by atoms with E-state index in [1.807, 2.05) is 0 Å². The molecule has 0 spiro atoms. The minimum atomic E-state index is 0. The lowest BCUT2D eigenvalue weighted by molar-refractivity contribution is 0.469. The Morgan fingerprint density at radius 2 is 0.727 bits per heavy atom. The fraction of sp³-hybridized carbons (Fsp3) is 1.00. The standard InChI is InChI=1S/C5H10.C5H12.CH4/c1-2-4-5-3-1;1-5(2,3)4;/h1-5H2;1-4H3;1H4. The van der Waals surface area contributed by atoms with Crippen molar-refractivity contribution >= 4 is 0 Å². The molecular formula is C11H26. The fourth-order valence-corrected chi connectivity index (χ4v) is 0.884. The third-order valence-corrected chi connectivity index (χ3v) is 1.25. The second kappa shape index (κ2) is 6.69. The van der Waals surface area contributed by atoms with Gasteiger partial charge in [0.1, 0.15) is 0 Å². The van der Waals surface area contributed by atoms with Crippen LogP contribution in [-0.4, -0.2) is 0 Å². The summed E-state index contributed by atoms with van der Waals surface area (Å²) in [6.07, 6.45) is 7.50. The van der Waals surface area contributed by atoms with Gasteiger partial charge in [0.05, 0.1) is 0 Å². The highest BCUT2D eigenvalue weighted by atomic mass is 14.0. The molecule has 0 saturated heterocycles. The van der Waals surface area contributed by atoms with Gasteiger partial charge >= 0.3 is 0 Å². The highest BCUT2D eigenvalue weighted by Gasteiger charge is 1.95. The van der Waals surface area contributed by atoms with E-state index in [1.54, 1.807) is 0 Å². The van der Waals surface area contributed by atoms with Crippen LogP contribution in [0.25, 0.3) is 0 Å². The van der Waals surface area contributed by atoms with Crippen molar-refractivity contribution in [3.63, 3.8) is 0 Å². The molecule has 1 rings (SSSR count). The molecule has 1 fully saturated rings. The SMILES string of the molecule is C.C1CCCC1.CC(C)(C)C. The van der Waals surface area contributed by atoms with Gasteiger partial charge in [0.25, 0.3) is 0 Å². The molecule has 0 atom stereocenters. The van der Waals surface area contributed by atoms with Crippen molar-refractivity contribution in [3.8, 4) is 0 Å². The van der Waals surface area contributed by atoms with Crippen LogP contribution in [0.15, 0.2) is 0 Å². The Labute approximate surface area is 73.4 Å². The van der Waals surface area contributed by atoms with Crippen molar-refractivity contribution in [2.24, 2.45) is 5.41 Å². The number of hydrogen-bond acceptors (Lipinski definition) is 0. The van der Waals surface area contributed by atoms with E-state index >= 15 is 0 Å². The predicted molar refractivity (Wildman–Crippen MR) is 54.9 cm³/mol. The van der Waals surface area contributed by atoms with Crippen LogP contribution >= 0.6 is 0 Å². The first-order valence-electron chi connectivity index (χ1n) is 4.50. The molecule has 0 heteroatoms. The van der Waals surface area contributed by atoms with Crippen LogP contribution in [0.5, 0.6) is 0 Å². The highest BCUT2D eigenvalue weighted by molar-refractivity contribution is 4.51. The minimum Gasteiger partial charge on any atom is -0.0776 e. The highest BCUT2D eigenvalue weighted by Crippen LogP contribution is 2.15. The van der Waals surface area contributed by atoms with Crippen LogP contribution in [0.2, 0.25) is 0 Å². The van der Waals surface area contributed by atoms with E-state index in [0.717, 1.165) is 0 Å². The van der Waals surface area contributed by atoms with Crippen LogP contribution in [0.1, 0.15) is 67.2 Å². The summed E-state index contributed by atoms with van der Waals surface area (Å²) in [5.41, 5.74) is 0.500. The van der Waals surface area contributed by atoms with Gasteiger partial charge in [0, 0.05) is 0 Å². The van der Waals surface area contributed by atoms with Gasteiger partial charge in [-0.15, -0.1) is 0 Å². The fourth-order valence-electron chi connectivity index (χ4n) is 0.884. The number of rotatable bonds is 0. The molecule has 0 amide bonds. The topological polar surface area (TPSA) is 0 Å². The molecular weight excluding hydrogens is 132 g/mol. The molecule has 0 aromatic carbocycles. The van der Waals surface area contributed by atoms with Crippen molar-refractivity contribution in [2.45, 2.75) is 67.2 Å². The largest absolute Gasteiger partial charge is 0.0776 e. The van der Waals surface area contributed by atoms with E-state index in [9.17, 15) is 0 Å². The second-order valence-electron chi connectivity index (χ2n) is 4.77. The molecule has 0 nitrogen and oxygen atoms in total. The Morgan fingerprint density at radius 3 is 0.818 bits per heavy atom. The molecule has 0 radical (unpaired) electrons. The van der Waals surface area contributed by atoms with Gasteiger partial charge in [-0.1, -0.05) is 67.2 Å². The Kier molecular flexibility index (Phi) is 8.26. The molecule has 11 heavy (non-hydrogen) atoms. The molecule has 1 aliphatic carbocycles. The van der Waals surface area contributed by atoms with E-state index in [1.165, 1.54) is 32.1 Å². The minimum absolute atomic E-state index is 0. The van der Waals surface area contributed by atoms with E-state index in [4.69, 9.17) is 0 Å². The first-order chi connectivity index (χ1) is 4.50. The quantitative estimate of drug-likeness (QED) is 0.482. The molecule has 0 N–H and O–H groups in total. The average molecular weight is 158 g/mol. The zero-order valence-corrected chi connectivity index (χ0v) is 8.04. The summed E-state index contributed by atoms with van der Waals surface area (Å²) in [6.45, 7) is 8.75. The molecule has 0 aromatic rings. The zero-order valence-electron chi connectivity index (χ0n) is 8.04. The third-order valence-electron chi connectivity index (χ3n) is 1.25. The van der Waals surface area contributed by atoms with Gasteiger partial charge in [-0.05, 0) is 5.41 Å². The van der Waals surface area contributed by atoms with Crippen LogP contribution in [0, 0.1) is 5.41 Å². The van der Waals surface area contributed by atoms with Gasteiger partial charge in [-0.3, -0.25) is 0 Å². The summed E-state index contributed by atoms with van der Waals surface area (Å²) in [6, 6.07) is 0. The Hall–Kier alpha value is 0. The lowest BCUT2D eigenvalue weighted by Crippen LogP contribution is -1.93. The summed E-state index contributed by atoms with van der Waals surface area (Å²) in [7, 11) is 0. The van der Waals surface area contributed by atoms with E-state index in [2.05, 4.69) is 27.7 Å². The maximum atomic E-state index is 2.19. The summed E-state index contributed by atoms with van der Waals surface area (Å²) < 4.78 is 0. The first-order valence-corrected chi connectivity index (χ1v) is 4.50. The molecule has 1 aliphatic rings. The summed E-state index contributed by atoms with van der Waals surface area (Å²) in [4.78, 5) is 0. The van der Waals surface area contributed by atoms with Crippen LogP contribution in [-0.2, 0) is 0 Å². The Bertz CT molecular complexity index is 49.0. The predicted octanol–water partition coefficient (Wildman–Crippen LogP) is 4.64. The average Bonchev–Trinajstić information content (AvgIpc) is 2.07. The molecule has 0 aromatic heterocycles. The van der Waals surface area contributed by atoms with Gasteiger partial charge in [0.15, 0.2) is 0 Å². The summed E-state index contributed by atoms with van der Waals surface area (Å²) in [5, 5.41) is 0. The molecule has 0 unspecified atom stereocenters. The smallest absolute Gasteiger partial charge is 0.0411 e. The Morgan fingerprint density at radius 1 is 0.636 bits per heavy atom. The number of hydrogen-bond donors (Lipinski definition) is 0. The van der Waals surface area contributed by atoms with Crippen molar-refractivity contribution in [2.75, 3.05) is 0 Å². The van der Waals surface area contributed by atoms with E-state index in [0.29, 0.717) is 5.41 Å².